The summed E-state index contributed by atoms with van der Waals surface area (Å²) in [5, 5.41) is 0. The van der Waals surface area contributed by atoms with Gasteiger partial charge in [-0.2, -0.15) is 0 Å². The molecule has 0 saturated heterocycles. The molecule has 0 amide bonds. The lowest BCUT2D eigenvalue weighted by molar-refractivity contribution is -0.137. The fourth-order valence-electron chi connectivity index (χ4n) is 0.606. The van der Waals surface area contributed by atoms with Gasteiger partial charge in [0.2, 0.25) is 0 Å². The van der Waals surface area contributed by atoms with Crippen LogP contribution in [0.4, 0.5) is 0 Å². The van der Waals surface area contributed by atoms with Crippen LogP contribution >= 0.6 is 0 Å². The van der Waals surface area contributed by atoms with E-state index in [1.165, 1.54) is 13.2 Å². The molecule has 0 rings (SSSR count). The number of carbonyl (C=O) groups excluding carboxylic acids is 2. The van der Waals surface area contributed by atoms with Crippen molar-refractivity contribution in [2.75, 3.05) is 0 Å². The molecule has 0 aromatic heterocycles. The lowest BCUT2D eigenvalue weighted by Crippen LogP contribution is -2.04. The number of hydrogen-bond acceptors (Lipinski definition) is 4. The molecule has 0 saturated carbocycles. The highest BCUT2D eigenvalue weighted by molar-refractivity contribution is 5.87. The van der Waals surface area contributed by atoms with Gasteiger partial charge in [-0.1, -0.05) is 13.2 Å². The Bertz CT molecular complexity index is 261. The molecule has 0 aliphatic carbocycles. The molecule has 0 bridgehead atoms. The highest BCUT2D eigenvalue weighted by Crippen LogP contribution is 2.04. The van der Waals surface area contributed by atoms with Crippen LogP contribution in [0.3, 0.4) is 0 Å². The Morgan fingerprint density at radius 1 is 0.938 bits per heavy atom. The highest BCUT2D eigenvalue weighted by Gasteiger charge is 2.04. The van der Waals surface area contributed by atoms with Gasteiger partial charge >= 0.3 is 11.9 Å². The van der Waals surface area contributed by atoms with E-state index in [2.05, 4.69) is 13.2 Å². The molecule has 0 aliphatic rings. The summed E-state index contributed by atoms with van der Waals surface area (Å²) in [6, 6.07) is 0. The fourth-order valence-corrected chi connectivity index (χ4v) is 0.606. The van der Waals surface area contributed by atoms with Crippen molar-refractivity contribution in [3.8, 4) is 0 Å². The van der Waals surface area contributed by atoms with E-state index in [9.17, 15) is 9.59 Å². The molecule has 0 aliphatic heterocycles. The Labute approximate surface area is 95.9 Å². The Morgan fingerprint density at radius 3 is 1.50 bits per heavy atom. The zero-order valence-corrected chi connectivity index (χ0v) is 9.62. The van der Waals surface area contributed by atoms with Gasteiger partial charge in [0, 0.05) is 11.1 Å². The van der Waals surface area contributed by atoms with E-state index in [-0.39, 0.29) is 0 Å². The maximum absolute atomic E-state index is 10.9. The summed E-state index contributed by atoms with van der Waals surface area (Å²) >= 11 is 0. The first-order chi connectivity index (χ1) is 7.45. The largest absolute Gasteiger partial charge is 0.455 e. The van der Waals surface area contributed by atoms with Gasteiger partial charge in [0.1, 0.15) is 13.2 Å². The Hall–Kier alpha value is -1.58. The van der Waals surface area contributed by atoms with E-state index in [4.69, 9.17) is 9.47 Å². The predicted octanol–water partition coefficient (Wildman–Crippen LogP) is 2.33. The van der Waals surface area contributed by atoms with Crippen LogP contribution in [0.15, 0.2) is 24.3 Å². The van der Waals surface area contributed by atoms with Crippen LogP contribution < -0.4 is 0 Å². The molecule has 16 heavy (non-hydrogen) atoms. The van der Waals surface area contributed by atoms with E-state index in [0.29, 0.717) is 24.0 Å². The third-order valence-electron chi connectivity index (χ3n) is 1.48. The molecule has 2 radical (unpaired) electrons. The first kappa shape index (κ1) is 14.4. The Morgan fingerprint density at radius 2 is 1.25 bits per heavy atom. The summed E-state index contributed by atoms with van der Waals surface area (Å²) in [6.07, 6.45) is 0.949. The van der Waals surface area contributed by atoms with Gasteiger partial charge in [-0.05, 0) is 26.7 Å². The van der Waals surface area contributed by atoms with Gasteiger partial charge in [-0.25, -0.2) is 9.59 Å². The van der Waals surface area contributed by atoms with Crippen molar-refractivity contribution in [3.05, 3.63) is 37.5 Å². The average Bonchev–Trinajstić information content (AvgIpc) is 2.21. The number of rotatable bonds is 7. The normalized spacial score (nSPS) is 9.38. The van der Waals surface area contributed by atoms with Crippen molar-refractivity contribution in [2.24, 2.45) is 0 Å². The quantitative estimate of drug-likeness (QED) is 0.378. The lowest BCUT2D eigenvalue weighted by Gasteiger charge is -2.04. The van der Waals surface area contributed by atoms with Gasteiger partial charge in [0.15, 0.2) is 0 Å². The standard InChI is InChI=1S/C12H16O4/c1-9(2)11(13)15-7-5-6-8-16-12(14)10(3)4/h7-8H,1,3,5-6H2,2,4H3. The minimum absolute atomic E-state index is 0.342. The predicted molar refractivity (Wildman–Crippen MR) is 59.6 cm³/mol. The van der Waals surface area contributed by atoms with Crippen molar-refractivity contribution in [2.45, 2.75) is 26.7 Å². The zero-order valence-electron chi connectivity index (χ0n) is 9.62. The minimum atomic E-state index is -0.459. The third-order valence-corrected chi connectivity index (χ3v) is 1.48. The molecular formula is C12H16O4. The monoisotopic (exact) mass is 224 g/mol. The van der Waals surface area contributed by atoms with Crippen LogP contribution in [0.25, 0.3) is 0 Å². The maximum Gasteiger partial charge on any atom is 0.333 e. The van der Waals surface area contributed by atoms with Gasteiger partial charge in [-0.15, -0.1) is 0 Å². The van der Waals surface area contributed by atoms with Crippen LogP contribution in [0.5, 0.6) is 0 Å². The van der Waals surface area contributed by atoms with Gasteiger partial charge < -0.3 is 9.47 Å². The fraction of sp³-hybridized carbons (Fsp3) is 0.333. The topological polar surface area (TPSA) is 52.6 Å². The minimum Gasteiger partial charge on any atom is -0.455 e. The summed E-state index contributed by atoms with van der Waals surface area (Å²) in [6.45, 7) is 12.7. The lowest BCUT2D eigenvalue weighted by atomic mass is 10.3. The molecule has 0 atom stereocenters. The average molecular weight is 224 g/mol. The molecule has 0 unspecified atom stereocenters. The van der Waals surface area contributed by atoms with E-state index < -0.39 is 11.9 Å². The summed E-state index contributed by atoms with van der Waals surface area (Å²) in [4.78, 5) is 21.8. The smallest absolute Gasteiger partial charge is 0.333 e. The summed E-state index contributed by atoms with van der Waals surface area (Å²) in [5.74, 6) is -0.919. The van der Waals surface area contributed by atoms with Crippen molar-refractivity contribution in [3.63, 3.8) is 0 Å². The second kappa shape index (κ2) is 7.68. The molecule has 4 nitrogen and oxygen atoms in total. The number of hydrogen-bond donors (Lipinski definition) is 0. The highest BCUT2D eigenvalue weighted by atomic mass is 16.5. The van der Waals surface area contributed by atoms with Crippen LogP contribution in [0.2, 0.25) is 0 Å². The van der Waals surface area contributed by atoms with Gasteiger partial charge in [0.25, 0.3) is 0 Å². The number of unbranched alkanes of at least 4 members (excludes halogenated alkanes) is 1. The number of ether oxygens (including phenoxy) is 2. The SMILES string of the molecule is C=C(C)C(=O)O[CH]CC[CH]OC(=O)C(=C)C. The summed E-state index contributed by atoms with van der Waals surface area (Å²) < 4.78 is 9.43. The van der Waals surface area contributed by atoms with Crippen LogP contribution in [0.1, 0.15) is 26.7 Å². The van der Waals surface area contributed by atoms with Crippen LogP contribution in [-0.4, -0.2) is 11.9 Å². The Kier molecular flexibility index (Phi) is 6.92. The number of esters is 2. The van der Waals surface area contributed by atoms with E-state index in [1.54, 1.807) is 13.8 Å². The molecule has 0 spiro atoms. The second-order valence-electron chi connectivity index (χ2n) is 3.28. The zero-order chi connectivity index (χ0) is 12.6. The van der Waals surface area contributed by atoms with Crippen LogP contribution in [0, 0.1) is 13.2 Å². The second-order valence-corrected chi connectivity index (χ2v) is 3.28. The maximum atomic E-state index is 10.9. The van der Waals surface area contributed by atoms with E-state index in [0.717, 1.165) is 0 Å². The molecule has 0 aromatic carbocycles. The molecular weight excluding hydrogens is 208 g/mol. The molecule has 0 heterocycles. The summed E-state index contributed by atoms with van der Waals surface area (Å²) in [7, 11) is 0. The molecule has 88 valence electrons. The van der Waals surface area contributed by atoms with Crippen molar-refractivity contribution < 1.29 is 19.1 Å². The molecule has 4 heteroatoms. The van der Waals surface area contributed by atoms with Crippen molar-refractivity contribution >= 4 is 11.9 Å². The Balaban J connectivity index is 3.41. The third kappa shape index (κ3) is 6.81. The van der Waals surface area contributed by atoms with Crippen molar-refractivity contribution in [1.29, 1.82) is 0 Å². The number of carbonyl (C=O) groups is 2. The first-order valence-corrected chi connectivity index (χ1v) is 4.81. The molecule has 0 aromatic rings. The van der Waals surface area contributed by atoms with Crippen LogP contribution in [-0.2, 0) is 19.1 Å². The summed E-state index contributed by atoms with van der Waals surface area (Å²) in [5.41, 5.74) is 0.683. The van der Waals surface area contributed by atoms with Crippen molar-refractivity contribution in [1.82, 2.24) is 0 Å². The molecule has 0 fully saturated rings. The first-order valence-electron chi connectivity index (χ1n) is 4.81. The van der Waals surface area contributed by atoms with E-state index >= 15 is 0 Å². The van der Waals surface area contributed by atoms with Gasteiger partial charge in [0.05, 0.1) is 0 Å². The van der Waals surface area contributed by atoms with E-state index in [1.807, 2.05) is 0 Å². The van der Waals surface area contributed by atoms with Gasteiger partial charge in [-0.3, -0.25) is 0 Å². The molecule has 0 N–H and O–H groups in total.